The van der Waals surface area contributed by atoms with E-state index in [0.29, 0.717) is 35.4 Å². The van der Waals surface area contributed by atoms with Crippen molar-refractivity contribution in [3.63, 3.8) is 0 Å². The summed E-state index contributed by atoms with van der Waals surface area (Å²) in [7, 11) is 0. The Balaban J connectivity index is 1.60. The summed E-state index contributed by atoms with van der Waals surface area (Å²) in [5, 5.41) is 18.1. The molecule has 1 aromatic carbocycles. The van der Waals surface area contributed by atoms with Gasteiger partial charge in [0.1, 0.15) is 12.6 Å². The van der Waals surface area contributed by atoms with Crippen molar-refractivity contribution in [2.75, 3.05) is 0 Å². The summed E-state index contributed by atoms with van der Waals surface area (Å²) < 4.78 is 7.96. The van der Waals surface area contributed by atoms with E-state index in [9.17, 15) is 14.7 Å². The van der Waals surface area contributed by atoms with Gasteiger partial charge in [0.2, 0.25) is 11.8 Å². The molecule has 2 aliphatic carbocycles. The lowest BCUT2D eigenvalue weighted by Crippen LogP contribution is -2.54. The zero-order valence-corrected chi connectivity index (χ0v) is 16.8. The van der Waals surface area contributed by atoms with Crippen molar-refractivity contribution in [3.05, 3.63) is 33.0 Å². The van der Waals surface area contributed by atoms with Gasteiger partial charge < -0.3 is 15.2 Å². The molecule has 2 atom stereocenters. The van der Waals surface area contributed by atoms with Gasteiger partial charge in [-0.05, 0) is 50.3 Å². The van der Waals surface area contributed by atoms with E-state index >= 15 is 0 Å². The van der Waals surface area contributed by atoms with Crippen molar-refractivity contribution in [1.29, 1.82) is 0 Å². The molecule has 1 unspecified atom stereocenters. The van der Waals surface area contributed by atoms with Crippen LogP contribution in [0, 0.1) is 5.92 Å². The fourth-order valence-corrected chi connectivity index (χ4v) is 3.89. The minimum Gasteiger partial charge on any atom is -0.473 e. The molecule has 4 rings (SSSR count). The summed E-state index contributed by atoms with van der Waals surface area (Å²) in [6.45, 7) is 3.66. The predicted molar refractivity (Wildman–Crippen MR) is 104 cm³/mol. The zero-order chi connectivity index (χ0) is 19.3. The lowest BCUT2D eigenvalue weighted by molar-refractivity contribution is -0.125. The van der Waals surface area contributed by atoms with Crippen LogP contribution < -0.4 is 15.6 Å². The highest BCUT2D eigenvalue weighted by molar-refractivity contribution is 9.10. The summed E-state index contributed by atoms with van der Waals surface area (Å²) >= 11 is 3.42. The molecule has 2 saturated carbocycles. The summed E-state index contributed by atoms with van der Waals surface area (Å²) in [6, 6.07) is 5.24. The number of nitrogens with one attached hydrogen (secondary N) is 1. The average molecular weight is 436 g/mol. The van der Waals surface area contributed by atoms with Crippen molar-refractivity contribution >= 4 is 32.6 Å². The standard InChI is InChI=1S/C19H22BrN3O4/c1-10-5-15(10)27-17-14-6-11(20)3-4-13(14)18(25)23(22-17)9-16(24)21-12-7-19(2,26)8-12/h3-4,6,10,12,15,26H,5,7-9H2,1-2H3,(H,21,24)/t10?,12-,15-,19+/m1/s1. The van der Waals surface area contributed by atoms with Crippen molar-refractivity contribution in [2.24, 2.45) is 5.92 Å². The van der Waals surface area contributed by atoms with Gasteiger partial charge in [0.25, 0.3) is 5.56 Å². The molecule has 1 heterocycles. The molecule has 144 valence electrons. The van der Waals surface area contributed by atoms with Crippen LogP contribution in [0.3, 0.4) is 0 Å². The third-order valence-electron chi connectivity index (χ3n) is 5.22. The Morgan fingerprint density at radius 2 is 2.15 bits per heavy atom. The maximum atomic E-state index is 12.8. The Kier molecular flexibility index (Phi) is 4.50. The maximum Gasteiger partial charge on any atom is 0.275 e. The van der Waals surface area contributed by atoms with Crippen LogP contribution in [0.1, 0.15) is 33.1 Å². The molecular weight excluding hydrogens is 414 g/mol. The van der Waals surface area contributed by atoms with Crippen molar-refractivity contribution in [1.82, 2.24) is 15.1 Å². The number of ether oxygens (including phenoxy) is 1. The third-order valence-corrected chi connectivity index (χ3v) is 5.71. The number of hydrogen-bond donors (Lipinski definition) is 2. The zero-order valence-electron chi connectivity index (χ0n) is 15.2. The molecule has 0 saturated heterocycles. The minimum atomic E-state index is -0.717. The van der Waals surface area contributed by atoms with E-state index in [1.165, 1.54) is 0 Å². The summed E-state index contributed by atoms with van der Waals surface area (Å²) in [5.74, 6) is 0.538. The van der Waals surface area contributed by atoms with Crippen LogP contribution in [0.25, 0.3) is 10.8 Å². The highest BCUT2D eigenvalue weighted by atomic mass is 79.9. The van der Waals surface area contributed by atoms with Crippen LogP contribution in [0.4, 0.5) is 0 Å². The first-order valence-electron chi connectivity index (χ1n) is 9.11. The van der Waals surface area contributed by atoms with Gasteiger partial charge in [-0.25, -0.2) is 4.68 Å². The first kappa shape index (κ1) is 18.4. The van der Waals surface area contributed by atoms with Gasteiger partial charge in [0.05, 0.1) is 16.4 Å². The number of benzene rings is 1. The van der Waals surface area contributed by atoms with Crippen molar-refractivity contribution in [3.8, 4) is 5.88 Å². The number of aliphatic hydroxyl groups is 1. The number of aromatic nitrogens is 2. The number of carbonyl (C=O) groups excluding carboxylic acids is 1. The van der Waals surface area contributed by atoms with Gasteiger partial charge in [-0.3, -0.25) is 9.59 Å². The van der Waals surface area contributed by atoms with Gasteiger partial charge in [-0.1, -0.05) is 22.9 Å². The first-order chi connectivity index (χ1) is 12.7. The number of fused-ring (bicyclic) bond motifs is 1. The Hall–Kier alpha value is -1.93. The molecule has 8 heteroatoms. The molecular formula is C19H22BrN3O4. The normalized spacial score (nSPS) is 29.3. The van der Waals surface area contributed by atoms with Gasteiger partial charge in [0.15, 0.2) is 0 Å². The molecule has 1 aromatic heterocycles. The summed E-state index contributed by atoms with van der Waals surface area (Å²) in [4.78, 5) is 25.1. The highest BCUT2D eigenvalue weighted by Gasteiger charge is 2.39. The van der Waals surface area contributed by atoms with E-state index in [1.807, 2.05) is 6.07 Å². The molecule has 7 nitrogen and oxygen atoms in total. The molecule has 2 aliphatic rings. The monoisotopic (exact) mass is 435 g/mol. The van der Waals surface area contributed by atoms with E-state index in [-0.39, 0.29) is 30.2 Å². The second-order valence-electron chi connectivity index (χ2n) is 8.00. The van der Waals surface area contributed by atoms with Crippen LogP contribution in [0.2, 0.25) is 0 Å². The first-order valence-corrected chi connectivity index (χ1v) is 9.90. The van der Waals surface area contributed by atoms with Crippen LogP contribution in [-0.4, -0.2) is 38.5 Å². The lowest BCUT2D eigenvalue weighted by atomic mass is 9.77. The van der Waals surface area contributed by atoms with E-state index in [0.717, 1.165) is 15.6 Å². The molecule has 0 spiro atoms. The molecule has 0 aliphatic heterocycles. The van der Waals surface area contributed by atoms with Crippen molar-refractivity contribution < 1.29 is 14.6 Å². The van der Waals surface area contributed by atoms with Crippen LogP contribution >= 0.6 is 15.9 Å². The second kappa shape index (κ2) is 6.60. The maximum absolute atomic E-state index is 12.8. The fraction of sp³-hybridized carbons (Fsp3) is 0.526. The highest BCUT2D eigenvalue weighted by Crippen LogP contribution is 2.35. The molecule has 1 amide bonds. The largest absolute Gasteiger partial charge is 0.473 e. The van der Waals surface area contributed by atoms with Gasteiger partial charge >= 0.3 is 0 Å². The quantitative estimate of drug-likeness (QED) is 0.748. The lowest BCUT2D eigenvalue weighted by Gasteiger charge is -2.41. The average Bonchev–Trinajstić information content (AvgIpc) is 3.25. The number of nitrogens with zero attached hydrogens (tertiary/aromatic N) is 2. The minimum absolute atomic E-state index is 0.0670. The van der Waals surface area contributed by atoms with E-state index in [4.69, 9.17) is 4.74 Å². The molecule has 0 bridgehead atoms. The molecule has 2 aromatic rings. The SMILES string of the molecule is CC1C[C@H]1Oc1nn(CC(=O)N[C@H]2C[C@@](C)(O)C2)c(=O)c2ccc(Br)cc12. The molecule has 0 radical (unpaired) electrons. The van der Waals surface area contributed by atoms with E-state index < -0.39 is 5.60 Å². The topological polar surface area (TPSA) is 93.5 Å². The van der Waals surface area contributed by atoms with E-state index in [1.54, 1.807) is 19.1 Å². The molecule has 2 fully saturated rings. The molecule has 2 N–H and O–H groups in total. The van der Waals surface area contributed by atoms with Gasteiger partial charge in [-0.2, -0.15) is 0 Å². The Bertz CT molecular complexity index is 963. The Morgan fingerprint density at radius 1 is 1.44 bits per heavy atom. The Morgan fingerprint density at radius 3 is 2.78 bits per heavy atom. The van der Waals surface area contributed by atoms with Crippen LogP contribution in [0.15, 0.2) is 27.5 Å². The Labute approximate surface area is 164 Å². The third kappa shape index (κ3) is 3.87. The number of hydrogen-bond acceptors (Lipinski definition) is 5. The van der Waals surface area contributed by atoms with E-state index in [2.05, 4.69) is 33.3 Å². The molecule has 27 heavy (non-hydrogen) atoms. The van der Waals surface area contributed by atoms with Gasteiger partial charge in [0, 0.05) is 10.5 Å². The second-order valence-corrected chi connectivity index (χ2v) is 8.91. The number of rotatable bonds is 5. The number of halogens is 1. The fourth-order valence-electron chi connectivity index (χ4n) is 3.53. The predicted octanol–water partition coefficient (Wildman–Crippen LogP) is 1.98. The van der Waals surface area contributed by atoms with Crippen LogP contribution in [-0.2, 0) is 11.3 Å². The van der Waals surface area contributed by atoms with Crippen molar-refractivity contribution in [2.45, 2.75) is 57.4 Å². The van der Waals surface area contributed by atoms with Gasteiger partial charge in [-0.15, -0.1) is 5.10 Å². The van der Waals surface area contributed by atoms with Crippen LogP contribution in [0.5, 0.6) is 5.88 Å². The summed E-state index contributed by atoms with van der Waals surface area (Å²) in [5.41, 5.74) is -1.05. The number of amides is 1. The smallest absolute Gasteiger partial charge is 0.275 e. The summed E-state index contributed by atoms with van der Waals surface area (Å²) in [6.07, 6.45) is 2.08. The number of carbonyl (C=O) groups is 1.